The van der Waals surface area contributed by atoms with Crippen molar-refractivity contribution in [2.45, 2.75) is 26.3 Å². The summed E-state index contributed by atoms with van der Waals surface area (Å²) in [6.45, 7) is 4.12. The van der Waals surface area contributed by atoms with Gasteiger partial charge in [-0.2, -0.15) is 0 Å². The number of nitrogens with one attached hydrogen (secondary N) is 1. The molecular weight excluding hydrogens is 174 g/mol. The van der Waals surface area contributed by atoms with Crippen LogP contribution >= 0.6 is 0 Å². The quantitative estimate of drug-likeness (QED) is 0.761. The van der Waals surface area contributed by atoms with Crippen LogP contribution < -0.4 is 5.73 Å². The van der Waals surface area contributed by atoms with Crippen LogP contribution in [0.3, 0.4) is 0 Å². The van der Waals surface area contributed by atoms with Gasteiger partial charge in [0.25, 0.3) is 0 Å². The lowest BCUT2D eigenvalue weighted by atomic mass is 10.2. The molecule has 1 aromatic carbocycles. The number of nitrogens with zero attached hydrogens (tertiary/aromatic N) is 1. The van der Waals surface area contributed by atoms with E-state index >= 15 is 0 Å². The van der Waals surface area contributed by atoms with E-state index in [1.54, 1.807) is 0 Å². The van der Waals surface area contributed by atoms with Crippen LogP contribution in [0.4, 0.5) is 0 Å². The summed E-state index contributed by atoms with van der Waals surface area (Å²) in [6, 6.07) is 6.20. The van der Waals surface area contributed by atoms with Crippen LogP contribution in [0, 0.1) is 6.92 Å². The van der Waals surface area contributed by atoms with Gasteiger partial charge >= 0.3 is 0 Å². The molecule has 0 fully saturated rings. The first kappa shape index (κ1) is 9.21. The maximum absolute atomic E-state index is 5.90. The number of aromatic amines is 1. The molecular formula is C11H15N3. The van der Waals surface area contributed by atoms with Gasteiger partial charge in [-0.1, -0.05) is 13.0 Å². The largest absolute Gasteiger partial charge is 0.341 e. The minimum atomic E-state index is 0.0164. The van der Waals surface area contributed by atoms with E-state index in [0.29, 0.717) is 0 Å². The lowest BCUT2D eigenvalue weighted by Gasteiger charge is -2.02. The van der Waals surface area contributed by atoms with Crippen molar-refractivity contribution in [1.29, 1.82) is 0 Å². The number of rotatable bonds is 2. The van der Waals surface area contributed by atoms with Crippen LogP contribution in [0.15, 0.2) is 18.2 Å². The third kappa shape index (κ3) is 1.51. The fourth-order valence-corrected chi connectivity index (χ4v) is 1.50. The topological polar surface area (TPSA) is 54.7 Å². The molecule has 0 aliphatic carbocycles. The van der Waals surface area contributed by atoms with E-state index in [0.717, 1.165) is 23.3 Å². The van der Waals surface area contributed by atoms with Crippen LogP contribution in [0.25, 0.3) is 11.0 Å². The Morgan fingerprint density at radius 1 is 1.50 bits per heavy atom. The van der Waals surface area contributed by atoms with Crippen LogP contribution in [0.2, 0.25) is 0 Å². The molecule has 0 amide bonds. The van der Waals surface area contributed by atoms with Crippen LogP contribution in [0.5, 0.6) is 0 Å². The third-order valence-electron chi connectivity index (χ3n) is 2.45. The number of nitrogens with two attached hydrogens (primary N) is 1. The summed E-state index contributed by atoms with van der Waals surface area (Å²) in [4.78, 5) is 7.70. The lowest BCUT2D eigenvalue weighted by Crippen LogP contribution is -2.10. The summed E-state index contributed by atoms with van der Waals surface area (Å²) in [5.41, 5.74) is 9.19. The summed E-state index contributed by atoms with van der Waals surface area (Å²) in [5.74, 6) is 0.883. The molecule has 0 aliphatic rings. The Bertz CT molecular complexity index is 445. The Balaban J connectivity index is 2.51. The van der Waals surface area contributed by atoms with E-state index in [2.05, 4.69) is 35.9 Å². The van der Waals surface area contributed by atoms with Crippen LogP contribution in [0.1, 0.15) is 30.8 Å². The molecule has 0 radical (unpaired) electrons. The van der Waals surface area contributed by atoms with Crippen molar-refractivity contribution >= 4 is 11.0 Å². The number of fused-ring (bicyclic) bond motifs is 1. The van der Waals surface area contributed by atoms with Crippen molar-refractivity contribution in [2.75, 3.05) is 0 Å². The number of aryl methyl sites for hydroxylation is 1. The smallest absolute Gasteiger partial charge is 0.124 e. The normalized spacial score (nSPS) is 13.4. The Morgan fingerprint density at radius 3 is 3.00 bits per heavy atom. The second kappa shape index (κ2) is 3.42. The van der Waals surface area contributed by atoms with E-state index in [-0.39, 0.29) is 6.04 Å². The predicted octanol–water partition coefficient (Wildman–Crippen LogP) is 2.28. The number of aromatic nitrogens is 2. The van der Waals surface area contributed by atoms with Gasteiger partial charge in [0.05, 0.1) is 17.1 Å². The summed E-state index contributed by atoms with van der Waals surface area (Å²) < 4.78 is 0. The second-order valence-electron chi connectivity index (χ2n) is 3.66. The van der Waals surface area contributed by atoms with Crippen molar-refractivity contribution in [3.8, 4) is 0 Å². The summed E-state index contributed by atoms with van der Waals surface area (Å²) in [7, 11) is 0. The molecule has 0 aliphatic heterocycles. The summed E-state index contributed by atoms with van der Waals surface area (Å²) >= 11 is 0. The molecule has 0 saturated heterocycles. The fourth-order valence-electron chi connectivity index (χ4n) is 1.50. The maximum atomic E-state index is 5.90. The molecule has 0 saturated carbocycles. The third-order valence-corrected chi connectivity index (χ3v) is 2.45. The molecule has 3 nitrogen and oxygen atoms in total. The highest BCUT2D eigenvalue weighted by Gasteiger charge is 2.08. The molecule has 2 aromatic rings. The van der Waals surface area contributed by atoms with Gasteiger partial charge in [-0.25, -0.2) is 4.98 Å². The molecule has 14 heavy (non-hydrogen) atoms. The van der Waals surface area contributed by atoms with Gasteiger partial charge in [-0.3, -0.25) is 0 Å². The maximum Gasteiger partial charge on any atom is 0.124 e. The first-order chi connectivity index (χ1) is 6.70. The van der Waals surface area contributed by atoms with Crippen LogP contribution in [-0.2, 0) is 0 Å². The van der Waals surface area contributed by atoms with E-state index in [9.17, 15) is 0 Å². The highest BCUT2D eigenvalue weighted by Crippen LogP contribution is 2.17. The molecule has 74 valence electrons. The molecule has 0 spiro atoms. The average Bonchev–Trinajstić information content (AvgIpc) is 2.59. The SMILES string of the molecule is CCC(N)c1nc2cc(C)ccc2[nH]1. The van der Waals surface area contributed by atoms with Crippen molar-refractivity contribution in [3.63, 3.8) is 0 Å². The van der Waals surface area contributed by atoms with Crippen molar-refractivity contribution in [2.24, 2.45) is 5.73 Å². The molecule has 1 unspecified atom stereocenters. The highest BCUT2D eigenvalue weighted by molar-refractivity contribution is 5.75. The van der Waals surface area contributed by atoms with E-state index in [1.807, 2.05) is 6.07 Å². The Hall–Kier alpha value is -1.35. The molecule has 0 bridgehead atoms. The fraction of sp³-hybridized carbons (Fsp3) is 0.364. The van der Waals surface area contributed by atoms with E-state index < -0.39 is 0 Å². The standard InChI is InChI=1S/C11H15N3/c1-3-8(12)11-13-9-5-4-7(2)6-10(9)14-11/h4-6,8H,3,12H2,1-2H3,(H,13,14). The number of imidazole rings is 1. The first-order valence-electron chi connectivity index (χ1n) is 4.92. The number of H-pyrrole nitrogens is 1. The predicted molar refractivity (Wildman–Crippen MR) is 58.1 cm³/mol. The molecule has 3 heteroatoms. The monoisotopic (exact) mass is 189 g/mol. The van der Waals surface area contributed by atoms with Gasteiger partial charge in [0.1, 0.15) is 5.82 Å². The zero-order valence-corrected chi connectivity index (χ0v) is 8.54. The zero-order chi connectivity index (χ0) is 10.1. The Labute approximate surface area is 83.3 Å². The zero-order valence-electron chi connectivity index (χ0n) is 8.54. The second-order valence-corrected chi connectivity index (χ2v) is 3.66. The van der Waals surface area contributed by atoms with Crippen molar-refractivity contribution in [3.05, 3.63) is 29.6 Å². The molecule has 1 aromatic heterocycles. The average molecular weight is 189 g/mol. The minimum absolute atomic E-state index is 0.0164. The van der Waals surface area contributed by atoms with Crippen molar-refractivity contribution in [1.82, 2.24) is 9.97 Å². The van der Waals surface area contributed by atoms with E-state index in [1.165, 1.54) is 5.56 Å². The van der Waals surface area contributed by atoms with Gasteiger partial charge in [-0.05, 0) is 31.0 Å². The van der Waals surface area contributed by atoms with Gasteiger partial charge < -0.3 is 10.7 Å². The molecule has 1 heterocycles. The molecule has 2 rings (SSSR count). The Morgan fingerprint density at radius 2 is 2.29 bits per heavy atom. The van der Waals surface area contributed by atoms with Gasteiger partial charge in [0.2, 0.25) is 0 Å². The number of hydrogen-bond acceptors (Lipinski definition) is 2. The molecule has 3 N–H and O–H groups in total. The lowest BCUT2D eigenvalue weighted by molar-refractivity contribution is 0.660. The summed E-state index contributed by atoms with van der Waals surface area (Å²) in [6.07, 6.45) is 0.902. The Kier molecular flexibility index (Phi) is 2.25. The van der Waals surface area contributed by atoms with E-state index in [4.69, 9.17) is 5.73 Å². The van der Waals surface area contributed by atoms with Gasteiger partial charge in [-0.15, -0.1) is 0 Å². The van der Waals surface area contributed by atoms with Gasteiger partial charge in [0, 0.05) is 0 Å². The molecule has 1 atom stereocenters. The van der Waals surface area contributed by atoms with Crippen LogP contribution in [-0.4, -0.2) is 9.97 Å². The van der Waals surface area contributed by atoms with Gasteiger partial charge in [0.15, 0.2) is 0 Å². The van der Waals surface area contributed by atoms with Crippen molar-refractivity contribution < 1.29 is 0 Å². The first-order valence-corrected chi connectivity index (χ1v) is 4.92. The number of hydrogen-bond donors (Lipinski definition) is 2. The summed E-state index contributed by atoms with van der Waals surface area (Å²) in [5, 5.41) is 0. The highest BCUT2D eigenvalue weighted by atomic mass is 15.0. The number of benzene rings is 1. The minimum Gasteiger partial charge on any atom is -0.341 e.